The molecule has 1 saturated carbocycles. The third kappa shape index (κ3) is 1.13. The highest BCUT2D eigenvalue weighted by Crippen LogP contribution is 2.31. The molecule has 0 aromatic heterocycles. The van der Waals surface area contributed by atoms with Crippen molar-refractivity contribution in [1.82, 2.24) is 5.32 Å². The van der Waals surface area contributed by atoms with E-state index in [1.807, 2.05) is 6.92 Å². The van der Waals surface area contributed by atoms with Crippen molar-refractivity contribution in [2.24, 2.45) is 0 Å². The Morgan fingerprint density at radius 3 is 2.40 bits per heavy atom. The summed E-state index contributed by atoms with van der Waals surface area (Å²) in [5.74, 6) is 0. The average Bonchev–Trinajstić information content (AvgIpc) is 1.78. The molecule has 0 saturated heterocycles. The number of nitrogens with zero attached hydrogens (tertiary/aromatic N) is 1. The molecule has 54 valence electrons. The minimum atomic E-state index is -0.258. The molecule has 2 heteroatoms. The third-order valence-corrected chi connectivity index (χ3v) is 1.87. The number of rotatable bonds is 2. The van der Waals surface area contributed by atoms with Gasteiger partial charge < -0.3 is 5.32 Å². The maximum absolute atomic E-state index is 8.73. The molecule has 0 aromatic carbocycles. The van der Waals surface area contributed by atoms with Gasteiger partial charge in [0.1, 0.15) is 5.54 Å². The van der Waals surface area contributed by atoms with Gasteiger partial charge in [0.15, 0.2) is 0 Å². The Labute approximate surface area is 61.5 Å². The van der Waals surface area contributed by atoms with Crippen LogP contribution < -0.4 is 5.32 Å². The Morgan fingerprint density at radius 1 is 1.70 bits per heavy atom. The zero-order chi connectivity index (χ0) is 7.61. The second-order valence-electron chi connectivity index (χ2n) is 2.95. The van der Waals surface area contributed by atoms with Crippen LogP contribution in [0.15, 0.2) is 12.3 Å². The first-order chi connectivity index (χ1) is 4.68. The zero-order valence-corrected chi connectivity index (χ0v) is 6.28. The molecule has 1 rings (SSSR count). The van der Waals surface area contributed by atoms with Gasteiger partial charge in [0.25, 0.3) is 0 Å². The quantitative estimate of drug-likeness (QED) is 0.625. The summed E-state index contributed by atoms with van der Waals surface area (Å²) in [5.41, 5.74) is 0.632. The van der Waals surface area contributed by atoms with Gasteiger partial charge in [0.05, 0.1) is 6.07 Å². The van der Waals surface area contributed by atoms with Crippen LogP contribution >= 0.6 is 0 Å². The molecule has 0 amide bonds. The van der Waals surface area contributed by atoms with Crippen molar-refractivity contribution in [1.29, 1.82) is 5.26 Å². The van der Waals surface area contributed by atoms with Crippen molar-refractivity contribution in [2.45, 2.75) is 31.7 Å². The van der Waals surface area contributed by atoms with E-state index < -0.39 is 0 Å². The molecule has 0 aliphatic heterocycles. The lowest BCUT2D eigenvalue weighted by atomic mass is 9.78. The summed E-state index contributed by atoms with van der Waals surface area (Å²) in [4.78, 5) is 0. The molecule has 0 bridgehead atoms. The molecule has 1 aliphatic rings. The molecule has 0 aromatic rings. The van der Waals surface area contributed by atoms with Crippen LogP contribution in [-0.2, 0) is 0 Å². The van der Waals surface area contributed by atoms with Crippen molar-refractivity contribution in [3.8, 4) is 6.07 Å². The van der Waals surface area contributed by atoms with Crippen LogP contribution in [0.2, 0.25) is 0 Å². The van der Waals surface area contributed by atoms with Gasteiger partial charge in [-0.05, 0) is 26.2 Å². The fourth-order valence-corrected chi connectivity index (χ4v) is 1.20. The minimum absolute atomic E-state index is 0.258. The number of nitriles is 1. The highest BCUT2D eigenvalue weighted by atomic mass is 15.0. The Balaban J connectivity index is 2.51. The minimum Gasteiger partial charge on any atom is -0.371 e. The van der Waals surface area contributed by atoms with Crippen molar-refractivity contribution in [2.75, 3.05) is 0 Å². The van der Waals surface area contributed by atoms with Gasteiger partial charge in [-0.3, -0.25) is 0 Å². The van der Waals surface area contributed by atoms with E-state index in [4.69, 9.17) is 5.26 Å². The van der Waals surface area contributed by atoms with Crippen LogP contribution in [0.5, 0.6) is 0 Å². The van der Waals surface area contributed by atoms with Crippen molar-refractivity contribution >= 4 is 0 Å². The van der Waals surface area contributed by atoms with Gasteiger partial charge in [-0.1, -0.05) is 6.58 Å². The Morgan fingerprint density at radius 2 is 2.30 bits per heavy atom. The summed E-state index contributed by atoms with van der Waals surface area (Å²) < 4.78 is 0. The molecule has 1 fully saturated rings. The molecule has 0 heterocycles. The number of allylic oxidation sites excluding steroid dienone is 1. The van der Waals surface area contributed by atoms with Crippen molar-refractivity contribution in [3.05, 3.63) is 12.3 Å². The largest absolute Gasteiger partial charge is 0.371 e. The predicted octanol–water partition coefficient (Wildman–Crippen LogP) is 1.56. The molecule has 10 heavy (non-hydrogen) atoms. The first-order valence-corrected chi connectivity index (χ1v) is 3.53. The van der Waals surface area contributed by atoms with E-state index in [0.717, 1.165) is 25.0 Å². The SMILES string of the molecule is C=C(C)NC1(C#N)CCC1. The summed E-state index contributed by atoms with van der Waals surface area (Å²) >= 11 is 0. The van der Waals surface area contributed by atoms with E-state index in [1.165, 1.54) is 0 Å². The number of hydrogen-bond acceptors (Lipinski definition) is 2. The van der Waals surface area contributed by atoms with Crippen molar-refractivity contribution < 1.29 is 0 Å². The summed E-state index contributed by atoms with van der Waals surface area (Å²) in [6, 6.07) is 2.27. The van der Waals surface area contributed by atoms with Gasteiger partial charge in [-0.15, -0.1) is 0 Å². The molecular formula is C8H12N2. The predicted molar refractivity (Wildman–Crippen MR) is 40.1 cm³/mol. The Bertz CT molecular complexity index is 184. The topological polar surface area (TPSA) is 35.8 Å². The van der Waals surface area contributed by atoms with E-state index in [0.29, 0.717) is 0 Å². The first-order valence-electron chi connectivity index (χ1n) is 3.53. The molecule has 0 atom stereocenters. The summed E-state index contributed by atoms with van der Waals surface area (Å²) in [7, 11) is 0. The lowest BCUT2D eigenvalue weighted by molar-refractivity contribution is 0.276. The average molecular weight is 136 g/mol. The van der Waals surface area contributed by atoms with E-state index in [2.05, 4.69) is 18.0 Å². The highest BCUT2D eigenvalue weighted by molar-refractivity contribution is 5.16. The van der Waals surface area contributed by atoms with Gasteiger partial charge in [-0.25, -0.2) is 0 Å². The molecular weight excluding hydrogens is 124 g/mol. The van der Waals surface area contributed by atoms with E-state index >= 15 is 0 Å². The summed E-state index contributed by atoms with van der Waals surface area (Å²) in [5, 5.41) is 11.8. The Hall–Kier alpha value is -0.970. The standard InChI is InChI=1S/C8H12N2/c1-7(2)10-8(6-9)4-3-5-8/h10H,1,3-5H2,2H3. The van der Waals surface area contributed by atoms with E-state index in [9.17, 15) is 0 Å². The van der Waals surface area contributed by atoms with Crippen LogP contribution in [0.4, 0.5) is 0 Å². The van der Waals surface area contributed by atoms with Gasteiger partial charge >= 0.3 is 0 Å². The lowest BCUT2D eigenvalue weighted by Crippen LogP contribution is -2.48. The summed E-state index contributed by atoms with van der Waals surface area (Å²) in [6.07, 6.45) is 3.10. The molecule has 0 radical (unpaired) electrons. The second-order valence-corrected chi connectivity index (χ2v) is 2.95. The molecule has 0 spiro atoms. The normalized spacial score (nSPS) is 20.4. The second kappa shape index (κ2) is 2.34. The molecule has 0 unspecified atom stereocenters. The number of nitrogens with one attached hydrogen (secondary N) is 1. The zero-order valence-electron chi connectivity index (χ0n) is 6.28. The van der Waals surface area contributed by atoms with Crippen molar-refractivity contribution in [3.63, 3.8) is 0 Å². The molecule has 1 aliphatic carbocycles. The number of hydrogen-bond donors (Lipinski definition) is 1. The van der Waals surface area contributed by atoms with E-state index in [-0.39, 0.29) is 5.54 Å². The van der Waals surface area contributed by atoms with Gasteiger partial charge in [0, 0.05) is 5.70 Å². The van der Waals surface area contributed by atoms with Crippen LogP contribution in [0.1, 0.15) is 26.2 Å². The smallest absolute Gasteiger partial charge is 0.125 e. The monoisotopic (exact) mass is 136 g/mol. The molecule has 2 nitrogen and oxygen atoms in total. The van der Waals surface area contributed by atoms with Gasteiger partial charge in [-0.2, -0.15) is 5.26 Å². The van der Waals surface area contributed by atoms with Crippen LogP contribution in [0.3, 0.4) is 0 Å². The van der Waals surface area contributed by atoms with Crippen LogP contribution in [-0.4, -0.2) is 5.54 Å². The van der Waals surface area contributed by atoms with Gasteiger partial charge in [0.2, 0.25) is 0 Å². The first kappa shape index (κ1) is 7.14. The summed E-state index contributed by atoms with van der Waals surface area (Å²) in [6.45, 7) is 5.59. The molecule has 1 N–H and O–H groups in total. The fraction of sp³-hybridized carbons (Fsp3) is 0.625. The lowest BCUT2D eigenvalue weighted by Gasteiger charge is -2.36. The Kier molecular flexibility index (Phi) is 1.67. The highest BCUT2D eigenvalue weighted by Gasteiger charge is 2.36. The van der Waals surface area contributed by atoms with Crippen LogP contribution in [0.25, 0.3) is 0 Å². The maximum Gasteiger partial charge on any atom is 0.125 e. The maximum atomic E-state index is 8.73. The fourth-order valence-electron chi connectivity index (χ4n) is 1.20. The third-order valence-electron chi connectivity index (χ3n) is 1.87. The van der Waals surface area contributed by atoms with Crippen LogP contribution in [0, 0.1) is 11.3 Å². The van der Waals surface area contributed by atoms with E-state index in [1.54, 1.807) is 0 Å².